The molecule has 3 heteroatoms. The van der Waals surface area contributed by atoms with Gasteiger partial charge in [-0.3, -0.25) is 4.79 Å². The van der Waals surface area contributed by atoms with Gasteiger partial charge in [-0.25, -0.2) is 0 Å². The Morgan fingerprint density at radius 1 is 1.35 bits per heavy atom. The number of carbonyl (C=O) groups excluding carboxylic acids is 1. The van der Waals surface area contributed by atoms with Crippen molar-refractivity contribution in [3.63, 3.8) is 0 Å². The quantitative estimate of drug-likeness (QED) is 0.810. The largest absolute Gasteiger partial charge is 0.352 e. The molecule has 1 saturated carbocycles. The van der Waals surface area contributed by atoms with Crippen LogP contribution in [0, 0.1) is 0 Å². The van der Waals surface area contributed by atoms with Gasteiger partial charge in [0.2, 0.25) is 5.91 Å². The number of aryl methyl sites for hydroxylation is 1. The van der Waals surface area contributed by atoms with Gasteiger partial charge in [0, 0.05) is 6.04 Å². The van der Waals surface area contributed by atoms with Gasteiger partial charge in [-0.05, 0) is 37.7 Å². The van der Waals surface area contributed by atoms with Crippen molar-refractivity contribution in [3.05, 3.63) is 35.9 Å². The highest BCUT2D eigenvalue weighted by molar-refractivity contribution is 5.81. The molecular formula is C14H20N2O. The minimum absolute atomic E-state index is 0.00521. The summed E-state index contributed by atoms with van der Waals surface area (Å²) in [6.07, 6.45) is 5.02. The van der Waals surface area contributed by atoms with E-state index in [1.807, 2.05) is 18.2 Å². The Morgan fingerprint density at radius 2 is 2.06 bits per heavy atom. The predicted molar refractivity (Wildman–Crippen MR) is 68.5 cm³/mol. The van der Waals surface area contributed by atoms with Crippen molar-refractivity contribution < 1.29 is 4.79 Å². The summed E-state index contributed by atoms with van der Waals surface area (Å²) in [6.45, 7) is 0. The SMILES string of the molecule is N[C@@H](CCc1ccccc1)C(=O)NC1CCC1. The second-order valence-electron chi connectivity index (χ2n) is 4.77. The molecule has 1 aliphatic carbocycles. The molecule has 1 fully saturated rings. The first-order valence-corrected chi connectivity index (χ1v) is 6.35. The van der Waals surface area contributed by atoms with Crippen LogP contribution in [0.2, 0.25) is 0 Å². The molecule has 2 rings (SSSR count). The van der Waals surface area contributed by atoms with Crippen molar-refractivity contribution in [2.24, 2.45) is 5.73 Å². The van der Waals surface area contributed by atoms with Gasteiger partial charge in [0.05, 0.1) is 6.04 Å². The van der Waals surface area contributed by atoms with Crippen LogP contribution < -0.4 is 11.1 Å². The van der Waals surface area contributed by atoms with Gasteiger partial charge < -0.3 is 11.1 Å². The van der Waals surface area contributed by atoms with E-state index in [0.29, 0.717) is 12.5 Å². The molecule has 0 aromatic heterocycles. The Kier molecular flexibility index (Phi) is 4.15. The van der Waals surface area contributed by atoms with Gasteiger partial charge in [-0.2, -0.15) is 0 Å². The van der Waals surface area contributed by atoms with Crippen molar-refractivity contribution in [1.82, 2.24) is 5.32 Å². The van der Waals surface area contributed by atoms with Crippen LogP contribution in [0.3, 0.4) is 0 Å². The molecule has 1 aromatic rings. The van der Waals surface area contributed by atoms with Crippen LogP contribution in [0.25, 0.3) is 0 Å². The molecule has 0 radical (unpaired) electrons. The maximum Gasteiger partial charge on any atom is 0.237 e. The molecule has 0 bridgehead atoms. The Hall–Kier alpha value is -1.35. The number of benzene rings is 1. The molecule has 3 N–H and O–H groups in total. The zero-order chi connectivity index (χ0) is 12.1. The van der Waals surface area contributed by atoms with Crippen LogP contribution in [0.1, 0.15) is 31.2 Å². The maximum absolute atomic E-state index is 11.7. The summed E-state index contributed by atoms with van der Waals surface area (Å²) in [4.78, 5) is 11.7. The number of rotatable bonds is 5. The maximum atomic E-state index is 11.7. The highest BCUT2D eigenvalue weighted by atomic mass is 16.2. The molecule has 0 spiro atoms. The van der Waals surface area contributed by atoms with Crippen LogP contribution in [0.15, 0.2) is 30.3 Å². The fourth-order valence-electron chi connectivity index (χ4n) is 1.96. The second kappa shape index (κ2) is 5.82. The van der Waals surface area contributed by atoms with E-state index in [1.165, 1.54) is 12.0 Å². The Labute approximate surface area is 102 Å². The van der Waals surface area contributed by atoms with E-state index in [4.69, 9.17) is 5.73 Å². The van der Waals surface area contributed by atoms with Crippen molar-refractivity contribution in [3.8, 4) is 0 Å². The van der Waals surface area contributed by atoms with Crippen LogP contribution in [0.5, 0.6) is 0 Å². The lowest BCUT2D eigenvalue weighted by molar-refractivity contribution is -0.123. The first-order chi connectivity index (χ1) is 8.25. The van der Waals surface area contributed by atoms with Crippen molar-refractivity contribution in [2.45, 2.75) is 44.2 Å². The standard InChI is InChI=1S/C14H20N2O/c15-13(14(17)16-12-7-4-8-12)10-9-11-5-2-1-3-6-11/h1-3,5-6,12-13H,4,7-10,15H2,(H,16,17)/t13-/m0/s1. The summed E-state index contributed by atoms with van der Waals surface area (Å²) < 4.78 is 0. The first kappa shape index (κ1) is 12.1. The van der Waals surface area contributed by atoms with E-state index in [2.05, 4.69) is 17.4 Å². The molecule has 17 heavy (non-hydrogen) atoms. The highest BCUT2D eigenvalue weighted by Gasteiger charge is 2.22. The zero-order valence-electron chi connectivity index (χ0n) is 10.1. The normalized spacial score (nSPS) is 17.2. The number of hydrogen-bond donors (Lipinski definition) is 2. The van der Waals surface area contributed by atoms with Gasteiger partial charge in [-0.15, -0.1) is 0 Å². The molecular weight excluding hydrogens is 212 g/mol. The Morgan fingerprint density at radius 3 is 2.65 bits per heavy atom. The van der Waals surface area contributed by atoms with E-state index in [1.54, 1.807) is 0 Å². The van der Waals surface area contributed by atoms with E-state index in [-0.39, 0.29) is 11.9 Å². The van der Waals surface area contributed by atoms with Gasteiger partial charge in [-0.1, -0.05) is 30.3 Å². The predicted octanol–water partition coefficient (Wildman–Crippen LogP) is 1.62. The van der Waals surface area contributed by atoms with E-state index in [0.717, 1.165) is 19.3 Å². The van der Waals surface area contributed by atoms with Crippen molar-refractivity contribution in [1.29, 1.82) is 0 Å². The lowest BCUT2D eigenvalue weighted by Gasteiger charge is -2.27. The third kappa shape index (κ3) is 3.56. The molecule has 1 atom stereocenters. The number of carbonyl (C=O) groups is 1. The molecule has 0 unspecified atom stereocenters. The zero-order valence-corrected chi connectivity index (χ0v) is 10.1. The van der Waals surface area contributed by atoms with Crippen LogP contribution in [-0.2, 0) is 11.2 Å². The highest BCUT2D eigenvalue weighted by Crippen LogP contribution is 2.18. The summed E-state index contributed by atoms with van der Waals surface area (Å²) in [7, 11) is 0. The topological polar surface area (TPSA) is 55.1 Å². The second-order valence-corrected chi connectivity index (χ2v) is 4.77. The van der Waals surface area contributed by atoms with Crippen LogP contribution >= 0.6 is 0 Å². The van der Waals surface area contributed by atoms with E-state index in [9.17, 15) is 4.79 Å². The third-order valence-corrected chi connectivity index (χ3v) is 3.38. The molecule has 0 saturated heterocycles. The lowest BCUT2D eigenvalue weighted by Crippen LogP contribution is -2.47. The summed E-state index contributed by atoms with van der Waals surface area (Å²) in [5.41, 5.74) is 7.12. The average molecular weight is 232 g/mol. The smallest absolute Gasteiger partial charge is 0.237 e. The Balaban J connectivity index is 1.72. The minimum Gasteiger partial charge on any atom is -0.352 e. The molecule has 0 heterocycles. The van der Waals surface area contributed by atoms with Gasteiger partial charge in [0.25, 0.3) is 0 Å². The number of amides is 1. The molecule has 3 nitrogen and oxygen atoms in total. The van der Waals surface area contributed by atoms with Crippen molar-refractivity contribution >= 4 is 5.91 Å². The molecule has 92 valence electrons. The monoisotopic (exact) mass is 232 g/mol. The van der Waals surface area contributed by atoms with Crippen LogP contribution in [0.4, 0.5) is 0 Å². The summed E-state index contributed by atoms with van der Waals surface area (Å²) in [6, 6.07) is 10.1. The molecule has 1 amide bonds. The lowest BCUT2D eigenvalue weighted by atomic mass is 9.92. The van der Waals surface area contributed by atoms with Gasteiger partial charge in [0.1, 0.15) is 0 Å². The van der Waals surface area contributed by atoms with Crippen LogP contribution in [-0.4, -0.2) is 18.0 Å². The molecule has 1 aromatic carbocycles. The summed E-state index contributed by atoms with van der Waals surface area (Å²) >= 11 is 0. The molecule has 1 aliphatic rings. The minimum atomic E-state index is -0.379. The van der Waals surface area contributed by atoms with E-state index >= 15 is 0 Å². The van der Waals surface area contributed by atoms with Crippen molar-refractivity contribution in [2.75, 3.05) is 0 Å². The Bertz CT molecular complexity index is 360. The summed E-state index contributed by atoms with van der Waals surface area (Å²) in [5.74, 6) is 0.00521. The summed E-state index contributed by atoms with van der Waals surface area (Å²) in [5, 5.41) is 2.99. The number of nitrogens with two attached hydrogens (primary N) is 1. The third-order valence-electron chi connectivity index (χ3n) is 3.38. The fourth-order valence-corrected chi connectivity index (χ4v) is 1.96. The molecule has 0 aliphatic heterocycles. The number of nitrogens with one attached hydrogen (secondary N) is 1. The van der Waals surface area contributed by atoms with Gasteiger partial charge >= 0.3 is 0 Å². The van der Waals surface area contributed by atoms with Gasteiger partial charge in [0.15, 0.2) is 0 Å². The fraction of sp³-hybridized carbons (Fsp3) is 0.500. The first-order valence-electron chi connectivity index (χ1n) is 6.35. The average Bonchev–Trinajstić information content (AvgIpc) is 2.32. The number of hydrogen-bond acceptors (Lipinski definition) is 2. The van der Waals surface area contributed by atoms with E-state index < -0.39 is 0 Å².